The number of nitrogens with zero attached hydrogens (tertiary/aromatic N) is 3. The fraction of sp³-hybridized carbons (Fsp3) is 0.429. The molecule has 0 saturated carbocycles. The summed E-state index contributed by atoms with van der Waals surface area (Å²) in [5.41, 5.74) is 1.25. The molecule has 0 radical (unpaired) electrons. The molecule has 0 aliphatic carbocycles. The van der Waals surface area contributed by atoms with Crippen LogP contribution in [0.25, 0.3) is 0 Å². The Kier molecular flexibility index (Phi) is 4.66. The van der Waals surface area contributed by atoms with Gasteiger partial charge in [-0.2, -0.15) is 4.31 Å². The van der Waals surface area contributed by atoms with Gasteiger partial charge in [-0.05, 0) is 64.1 Å². The smallest absolute Gasteiger partial charge is 0.256 e. The van der Waals surface area contributed by atoms with Crippen molar-refractivity contribution in [2.24, 2.45) is 0 Å². The SMILES string of the molecule is Cc1ccc2c(n1)C1(C)CN(S(=O)(=O)c3ccc(OC(C)C)cc3)CCN1C2=O. The van der Waals surface area contributed by atoms with Gasteiger partial charge in [0.1, 0.15) is 5.75 Å². The maximum Gasteiger partial charge on any atom is 0.256 e. The van der Waals surface area contributed by atoms with Gasteiger partial charge in [0.25, 0.3) is 5.91 Å². The number of carbonyl (C=O) groups excluding carboxylic acids is 1. The van der Waals surface area contributed by atoms with Crippen molar-refractivity contribution in [2.75, 3.05) is 19.6 Å². The summed E-state index contributed by atoms with van der Waals surface area (Å²) < 4.78 is 33.6. The van der Waals surface area contributed by atoms with Crippen molar-refractivity contribution in [3.8, 4) is 5.75 Å². The summed E-state index contributed by atoms with van der Waals surface area (Å²) in [6.07, 6.45) is 0.0152. The largest absolute Gasteiger partial charge is 0.491 e. The molecule has 0 bridgehead atoms. The van der Waals surface area contributed by atoms with E-state index in [2.05, 4.69) is 4.98 Å². The molecule has 0 N–H and O–H groups in total. The van der Waals surface area contributed by atoms with Crippen molar-refractivity contribution in [1.29, 1.82) is 0 Å². The number of carbonyl (C=O) groups is 1. The van der Waals surface area contributed by atoms with Gasteiger partial charge in [0.2, 0.25) is 10.0 Å². The molecule has 29 heavy (non-hydrogen) atoms. The second-order valence-corrected chi connectivity index (χ2v) is 9.99. The average Bonchev–Trinajstić information content (AvgIpc) is 2.88. The Hall–Kier alpha value is -2.45. The zero-order valence-electron chi connectivity index (χ0n) is 17.0. The molecule has 1 aromatic heterocycles. The third-order valence-corrected chi connectivity index (χ3v) is 7.37. The first-order valence-electron chi connectivity index (χ1n) is 9.70. The van der Waals surface area contributed by atoms with E-state index in [1.54, 1.807) is 35.2 Å². The number of ether oxygens (including phenoxy) is 1. The van der Waals surface area contributed by atoms with E-state index in [9.17, 15) is 13.2 Å². The first kappa shape index (κ1) is 19.8. The van der Waals surface area contributed by atoms with E-state index in [4.69, 9.17) is 4.74 Å². The predicted octanol–water partition coefficient (Wildman–Crippen LogP) is 2.55. The Morgan fingerprint density at radius 3 is 2.45 bits per heavy atom. The average molecular weight is 416 g/mol. The minimum atomic E-state index is -3.70. The minimum Gasteiger partial charge on any atom is -0.491 e. The minimum absolute atomic E-state index is 0.0152. The van der Waals surface area contributed by atoms with Gasteiger partial charge < -0.3 is 9.64 Å². The number of pyridine rings is 1. The molecule has 0 spiro atoms. The predicted molar refractivity (Wildman–Crippen MR) is 108 cm³/mol. The molecule has 8 heteroatoms. The molecule has 1 atom stereocenters. The molecule has 2 aliphatic heterocycles. The van der Waals surface area contributed by atoms with Gasteiger partial charge in [-0.25, -0.2) is 8.42 Å². The molecule has 3 heterocycles. The Balaban J connectivity index is 1.65. The van der Waals surface area contributed by atoms with E-state index < -0.39 is 15.6 Å². The first-order chi connectivity index (χ1) is 13.6. The lowest BCUT2D eigenvalue weighted by Crippen LogP contribution is -2.58. The number of sulfonamides is 1. The van der Waals surface area contributed by atoms with Gasteiger partial charge in [-0.1, -0.05) is 0 Å². The highest BCUT2D eigenvalue weighted by Gasteiger charge is 2.52. The standard InChI is InChI=1S/C21H25N3O4S/c1-14(2)28-16-6-8-17(9-7-16)29(26,27)23-11-12-24-20(25)18-10-5-15(3)22-19(18)21(24,4)13-23/h5-10,14H,11-13H2,1-4H3. The van der Waals surface area contributed by atoms with Gasteiger partial charge in [0, 0.05) is 25.3 Å². The summed E-state index contributed by atoms with van der Waals surface area (Å²) in [6, 6.07) is 10.1. The van der Waals surface area contributed by atoms with Crippen molar-refractivity contribution in [3.63, 3.8) is 0 Å². The van der Waals surface area contributed by atoms with Crippen LogP contribution in [-0.4, -0.2) is 54.3 Å². The molecule has 1 aromatic carbocycles. The Morgan fingerprint density at radius 1 is 1.10 bits per heavy atom. The van der Waals surface area contributed by atoms with Crippen LogP contribution in [0.15, 0.2) is 41.3 Å². The zero-order valence-corrected chi connectivity index (χ0v) is 17.9. The monoisotopic (exact) mass is 415 g/mol. The summed E-state index contributed by atoms with van der Waals surface area (Å²) in [6.45, 7) is 8.36. The summed E-state index contributed by atoms with van der Waals surface area (Å²) in [5.74, 6) is 0.549. The summed E-state index contributed by atoms with van der Waals surface area (Å²) in [4.78, 5) is 19.4. The fourth-order valence-corrected chi connectivity index (χ4v) is 5.62. The van der Waals surface area contributed by atoms with Crippen LogP contribution >= 0.6 is 0 Å². The van der Waals surface area contributed by atoms with Gasteiger partial charge >= 0.3 is 0 Å². The summed E-state index contributed by atoms with van der Waals surface area (Å²) in [7, 11) is -3.70. The quantitative estimate of drug-likeness (QED) is 0.767. The van der Waals surface area contributed by atoms with Crippen molar-refractivity contribution < 1.29 is 17.9 Å². The number of rotatable bonds is 4. The fourth-order valence-electron chi connectivity index (χ4n) is 4.10. The molecule has 1 unspecified atom stereocenters. The van der Waals surface area contributed by atoms with Crippen molar-refractivity contribution >= 4 is 15.9 Å². The highest BCUT2D eigenvalue weighted by atomic mass is 32.2. The molecule has 154 valence electrons. The lowest BCUT2D eigenvalue weighted by Gasteiger charge is -2.44. The molecule has 1 fully saturated rings. The van der Waals surface area contributed by atoms with Crippen molar-refractivity contribution in [1.82, 2.24) is 14.2 Å². The number of amides is 1. The summed E-state index contributed by atoms with van der Waals surface area (Å²) >= 11 is 0. The summed E-state index contributed by atoms with van der Waals surface area (Å²) in [5, 5.41) is 0. The third kappa shape index (κ3) is 3.20. The third-order valence-electron chi connectivity index (χ3n) is 5.51. The highest BCUT2D eigenvalue weighted by Crippen LogP contribution is 2.41. The van der Waals surface area contributed by atoms with E-state index in [0.29, 0.717) is 23.6 Å². The molecule has 2 aliphatic rings. The maximum atomic E-state index is 13.3. The normalized spacial score (nSPS) is 22.0. The molecule has 7 nitrogen and oxygen atoms in total. The van der Waals surface area contributed by atoms with Crippen LogP contribution in [0.3, 0.4) is 0 Å². The van der Waals surface area contributed by atoms with E-state index in [1.165, 1.54) is 4.31 Å². The molecule has 1 saturated heterocycles. The van der Waals surface area contributed by atoms with Crippen LogP contribution in [0, 0.1) is 6.92 Å². The number of aryl methyl sites for hydroxylation is 1. The van der Waals surface area contributed by atoms with Crippen LogP contribution in [-0.2, 0) is 15.6 Å². The van der Waals surface area contributed by atoms with E-state index in [-0.39, 0.29) is 30.0 Å². The van der Waals surface area contributed by atoms with E-state index in [1.807, 2.05) is 33.8 Å². The van der Waals surface area contributed by atoms with Crippen LogP contribution in [0.5, 0.6) is 5.75 Å². The van der Waals surface area contributed by atoms with E-state index >= 15 is 0 Å². The highest BCUT2D eigenvalue weighted by molar-refractivity contribution is 7.89. The second kappa shape index (κ2) is 6.81. The van der Waals surface area contributed by atoms with Gasteiger partial charge in [-0.3, -0.25) is 9.78 Å². The number of hydrogen-bond donors (Lipinski definition) is 0. The number of aromatic nitrogens is 1. The van der Waals surface area contributed by atoms with Crippen molar-refractivity contribution in [2.45, 2.75) is 44.2 Å². The molecule has 2 aromatic rings. The lowest BCUT2D eigenvalue weighted by atomic mass is 9.95. The zero-order chi connectivity index (χ0) is 21.0. The van der Waals surface area contributed by atoms with Crippen LogP contribution in [0.2, 0.25) is 0 Å². The molecule has 4 rings (SSSR count). The second-order valence-electron chi connectivity index (χ2n) is 8.06. The van der Waals surface area contributed by atoms with Crippen LogP contribution in [0.4, 0.5) is 0 Å². The van der Waals surface area contributed by atoms with Crippen LogP contribution in [0.1, 0.15) is 42.5 Å². The van der Waals surface area contributed by atoms with E-state index in [0.717, 1.165) is 5.69 Å². The number of hydrogen-bond acceptors (Lipinski definition) is 5. The van der Waals surface area contributed by atoms with Gasteiger partial charge in [0.15, 0.2) is 0 Å². The molecular formula is C21H25N3O4S. The topological polar surface area (TPSA) is 79.8 Å². The van der Waals surface area contributed by atoms with Gasteiger partial charge in [-0.15, -0.1) is 0 Å². The van der Waals surface area contributed by atoms with Crippen LogP contribution < -0.4 is 4.74 Å². The lowest BCUT2D eigenvalue weighted by molar-refractivity contribution is 0.0365. The molecular weight excluding hydrogens is 390 g/mol. The van der Waals surface area contributed by atoms with Gasteiger partial charge in [0.05, 0.1) is 27.8 Å². The first-order valence-corrected chi connectivity index (χ1v) is 11.1. The maximum absolute atomic E-state index is 13.3. The van der Waals surface area contributed by atoms with Crippen molar-refractivity contribution in [3.05, 3.63) is 53.3 Å². The number of benzene rings is 1. The Bertz CT molecular complexity index is 1070. The number of piperazine rings is 1. The Morgan fingerprint density at radius 2 is 1.79 bits per heavy atom. The Labute approximate surface area is 171 Å². The molecule has 1 amide bonds. The number of fused-ring (bicyclic) bond motifs is 3.